The van der Waals surface area contributed by atoms with Gasteiger partial charge in [-0.25, -0.2) is 5.10 Å². The second-order valence-corrected chi connectivity index (χ2v) is 3.37. The fourth-order valence-electron chi connectivity index (χ4n) is 1.62. The Labute approximate surface area is 74.8 Å². The Morgan fingerprint density at radius 3 is 2.58 bits per heavy atom. The Balaban J connectivity index is 2.64. The molecule has 0 atom stereocenters. The highest BCUT2D eigenvalue weighted by Crippen LogP contribution is 2.22. The van der Waals surface area contributed by atoms with Crippen LogP contribution in [0.4, 0.5) is 0 Å². The maximum atomic E-state index is 11.2. The molecule has 64 valence electrons. The van der Waals surface area contributed by atoms with E-state index in [1.54, 1.807) is 0 Å². The number of fused-ring (bicyclic) bond motifs is 1. The number of nitrogens with zero attached hydrogens (tertiary/aromatic N) is 1. The number of hydrogen-bond donors (Lipinski definition) is 1. The highest BCUT2D eigenvalue weighted by atomic mass is 35.5. The van der Waals surface area contributed by atoms with Crippen LogP contribution >= 0.6 is 11.6 Å². The van der Waals surface area contributed by atoms with E-state index in [0.717, 1.165) is 36.8 Å². The van der Waals surface area contributed by atoms with Gasteiger partial charge in [-0.2, -0.15) is 5.10 Å². The minimum Gasteiger partial charge on any atom is -0.268 e. The van der Waals surface area contributed by atoms with Gasteiger partial charge in [-0.3, -0.25) is 4.79 Å². The Hall–Kier alpha value is -0.830. The molecular formula is C8H9ClN2O. The predicted molar refractivity (Wildman–Crippen MR) is 46.5 cm³/mol. The average molecular weight is 185 g/mol. The van der Waals surface area contributed by atoms with Crippen molar-refractivity contribution in [3.05, 3.63) is 26.6 Å². The molecule has 1 aliphatic rings. The molecule has 0 aliphatic heterocycles. The molecule has 0 fully saturated rings. The van der Waals surface area contributed by atoms with Crippen LogP contribution in [-0.4, -0.2) is 10.2 Å². The van der Waals surface area contributed by atoms with Crippen molar-refractivity contribution in [3.8, 4) is 0 Å². The summed E-state index contributed by atoms with van der Waals surface area (Å²) in [6, 6.07) is 0. The van der Waals surface area contributed by atoms with Crippen molar-refractivity contribution in [2.75, 3.05) is 0 Å². The molecule has 0 saturated carbocycles. The number of nitrogens with one attached hydrogen (secondary N) is 1. The molecule has 0 aromatic carbocycles. The molecule has 0 spiro atoms. The van der Waals surface area contributed by atoms with E-state index in [2.05, 4.69) is 10.2 Å². The fourth-order valence-corrected chi connectivity index (χ4v) is 1.87. The van der Waals surface area contributed by atoms with Crippen LogP contribution in [-0.2, 0) is 12.8 Å². The van der Waals surface area contributed by atoms with Crippen LogP contribution in [0.5, 0.6) is 0 Å². The number of aromatic amines is 1. The first-order valence-corrected chi connectivity index (χ1v) is 4.43. The van der Waals surface area contributed by atoms with Crippen LogP contribution in [0.3, 0.4) is 0 Å². The molecule has 1 aromatic rings. The predicted octanol–water partition coefficient (Wildman–Crippen LogP) is 1.30. The van der Waals surface area contributed by atoms with E-state index in [4.69, 9.17) is 11.6 Å². The van der Waals surface area contributed by atoms with Crippen LogP contribution in [0.25, 0.3) is 0 Å². The SMILES string of the molecule is O=c1[nH]nc(Cl)c2c1CCCC2. The lowest BCUT2D eigenvalue weighted by atomic mass is 9.94. The zero-order valence-corrected chi connectivity index (χ0v) is 7.32. The van der Waals surface area contributed by atoms with Crippen molar-refractivity contribution >= 4 is 11.6 Å². The third-order valence-corrected chi connectivity index (χ3v) is 2.56. The van der Waals surface area contributed by atoms with Crippen LogP contribution in [0.15, 0.2) is 4.79 Å². The number of halogens is 1. The number of H-pyrrole nitrogens is 1. The molecule has 0 amide bonds. The molecule has 0 unspecified atom stereocenters. The molecule has 4 heteroatoms. The minimum atomic E-state index is -0.0749. The van der Waals surface area contributed by atoms with E-state index in [-0.39, 0.29) is 5.56 Å². The third kappa shape index (κ3) is 1.14. The van der Waals surface area contributed by atoms with Crippen molar-refractivity contribution in [2.24, 2.45) is 0 Å². The fraction of sp³-hybridized carbons (Fsp3) is 0.500. The van der Waals surface area contributed by atoms with Gasteiger partial charge in [0.15, 0.2) is 5.15 Å². The van der Waals surface area contributed by atoms with Crippen molar-refractivity contribution in [1.82, 2.24) is 10.2 Å². The molecule has 12 heavy (non-hydrogen) atoms. The van der Waals surface area contributed by atoms with E-state index in [9.17, 15) is 4.79 Å². The second-order valence-electron chi connectivity index (χ2n) is 3.01. The van der Waals surface area contributed by atoms with Crippen LogP contribution < -0.4 is 5.56 Å². The van der Waals surface area contributed by atoms with Gasteiger partial charge in [-0.15, -0.1) is 0 Å². The van der Waals surface area contributed by atoms with Crippen LogP contribution in [0.1, 0.15) is 24.0 Å². The number of hydrogen-bond acceptors (Lipinski definition) is 2. The summed E-state index contributed by atoms with van der Waals surface area (Å²) < 4.78 is 0. The van der Waals surface area contributed by atoms with Gasteiger partial charge in [0.05, 0.1) is 0 Å². The molecule has 1 aliphatic carbocycles. The van der Waals surface area contributed by atoms with E-state index >= 15 is 0 Å². The molecule has 3 nitrogen and oxygen atoms in total. The van der Waals surface area contributed by atoms with E-state index < -0.39 is 0 Å². The molecule has 0 saturated heterocycles. The van der Waals surface area contributed by atoms with E-state index in [1.807, 2.05) is 0 Å². The largest absolute Gasteiger partial charge is 0.268 e. The topological polar surface area (TPSA) is 45.8 Å². The van der Waals surface area contributed by atoms with Crippen molar-refractivity contribution in [2.45, 2.75) is 25.7 Å². The summed E-state index contributed by atoms with van der Waals surface area (Å²) in [6.45, 7) is 0. The molecule has 1 aromatic heterocycles. The normalized spacial score (nSPS) is 15.8. The summed E-state index contributed by atoms with van der Waals surface area (Å²) in [7, 11) is 0. The zero-order valence-electron chi connectivity index (χ0n) is 6.56. The lowest BCUT2D eigenvalue weighted by Gasteiger charge is -2.13. The number of aromatic nitrogens is 2. The van der Waals surface area contributed by atoms with Gasteiger partial charge in [0.25, 0.3) is 5.56 Å². The van der Waals surface area contributed by atoms with E-state index in [1.165, 1.54) is 0 Å². The monoisotopic (exact) mass is 184 g/mol. The highest BCUT2D eigenvalue weighted by molar-refractivity contribution is 6.30. The van der Waals surface area contributed by atoms with Crippen LogP contribution in [0, 0.1) is 0 Å². The van der Waals surface area contributed by atoms with Crippen molar-refractivity contribution in [3.63, 3.8) is 0 Å². The van der Waals surface area contributed by atoms with Gasteiger partial charge in [0.1, 0.15) is 0 Å². The molecule has 0 bridgehead atoms. The summed E-state index contributed by atoms with van der Waals surface area (Å²) in [5, 5.41) is 6.57. The molecule has 1 N–H and O–H groups in total. The maximum absolute atomic E-state index is 11.2. The summed E-state index contributed by atoms with van der Waals surface area (Å²) in [4.78, 5) is 11.2. The third-order valence-electron chi connectivity index (χ3n) is 2.25. The van der Waals surface area contributed by atoms with Gasteiger partial charge in [0.2, 0.25) is 0 Å². The standard InChI is InChI=1S/C8H9ClN2O/c9-7-5-3-1-2-4-6(5)8(12)11-10-7/h1-4H2,(H,11,12). The average Bonchev–Trinajstić information content (AvgIpc) is 2.12. The van der Waals surface area contributed by atoms with Gasteiger partial charge in [0, 0.05) is 5.56 Å². The van der Waals surface area contributed by atoms with Gasteiger partial charge < -0.3 is 0 Å². The van der Waals surface area contributed by atoms with Gasteiger partial charge in [-0.1, -0.05) is 11.6 Å². The quantitative estimate of drug-likeness (QED) is 0.661. The number of rotatable bonds is 0. The van der Waals surface area contributed by atoms with E-state index in [0.29, 0.717) is 5.15 Å². The van der Waals surface area contributed by atoms with Gasteiger partial charge >= 0.3 is 0 Å². The van der Waals surface area contributed by atoms with Crippen molar-refractivity contribution in [1.29, 1.82) is 0 Å². The Morgan fingerprint density at radius 1 is 1.25 bits per heavy atom. The van der Waals surface area contributed by atoms with Gasteiger partial charge in [-0.05, 0) is 31.2 Å². The minimum absolute atomic E-state index is 0.0749. The first kappa shape index (κ1) is 7.80. The zero-order chi connectivity index (χ0) is 8.55. The summed E-state index contributed by atoms with van der Waals surface area (Å²) >= 11 is 5.83. The molecular weight excluding hydrogens is 176 g/mol. The Morgan fingerprint density at radius 2 is 1.92 bits per heavy atom. The summed E-state index contributed by atoms with van der Waals surface area (Å²) in [5.74, 6) is 0. The Kier molecular flexibility index (Phi) is 1.89. The first-order valence-electron chi connectivity index (χ1n) is 4.05. The molecule has 1 heterocycles. The van der Waals surface area contributed by atoms with Crippen LogP contribution in [0.2, 0.25) is 5.15 Å². The van der Waals surface area contributed by atoms with Crippen molar-refractivity contribution < 1.29 is 0 Å². The smallest absolute Gasteiger partial charge is 0.267 e. The lowest BCUT2D eigenvalue weighted by molar-refractivity contribution is 0.667. The summed E-state index contributed by atoms with van der Waals surface area (Å²) in [5.41, 5.74) is 1.71. The molecule has 0 radical (unpaired) electrons. The maximum Gasteiger partial charge on any atom is 0.267 e. The second kappa shape index (κ2) is 2.90. The Bertz CT molecular complexity index is 359. The lowest BCUT2D eigenvalue weighted by Crippen LogP contribution is -2.20. The summed E-state index contributed by atoms with van der Waals surface area (Å²) in [6.07, 6.45) is 3.92. The first-order chi connectivity index (χ1) is 5.79. The molecule has 2 rings (SSSR count). The highest BCUT2D eigenvalue weighted by Gasteiger charge is 2.16.